The fourth-order valence-electron chi connectivity index (χ4n) is 2.16. The first kappa shape index (κ1) is 20.5. The Kier molecular flexibility index (Phi) is 6.70. The van der Waals surface area contributed by atoms with Gasteiger partial charge in [0.1, 0.15) is 5.60 Å². The summed E-state index contributed by atoms with van der Waals surface area (Å²) in [5, 5.41) is 6.67. The molecule has 0 saturated heterocycles. The molecule has 136 valence electrons. The van der Waals surface area contributed by atoms with Gasteiger partial charge in [-0.05, 0) is 51.7 Å². The summed E-state index contributed by atoms with van der Waals surface area (Å²) in [6, 6.07) is 0.696. The van der Waals surface area contributed by atoms with E-state index in [1.54, 1.807) is 0 Å². The Bertz CT molecular complexity index is 394. The maximum absolute atomic E-state index is 11.7. The van der Waals surface area contributed by atoms with Crippen molar-refractivity contribution in [1.82, 2.24) is 10.6 Å². The molecular formula is C17H36N2O3Si. The molecule has 5 nitrogen and oxygen atoms in total. The number of amides is 1. The van der Waals surface area contributed by atoms with Crippen LogP contribution in [0.25, 0.3) is 0 Å². The average molecular weight is 345 g/mol. The van der Waals surface area contributed by atoms with E-state index in [0.717, 1.165) is 26.0 Å². The highest BCUT2D eigenvalue weighted by Crippen LogP contribution is 2.36. The second kappa shape index (κ2) is 7.53. The van der Waals surface area contributed by atoms with Crippen molar-refractivity contribution in [2.75, 3.05) is 13.2 Å². The Balaban J connectivity index is 2.12. The van der Waals surface area contributed by atoms with Crippen molar-refractivity contribution in [3.8, 4) is 0 Å². The fourth-order valence-corrected chi connectivity index (χ4v) is 3.21. The molecule has 0 aromatic heterocycles. The minimum absolute atomic E-state index is 0.226. The van der Waals surface area contributed by atoms with Crippen molar-refractivity contribution in [1.29, 1.82) is 0 Å². The van der Waals surface area contributed by atoms with Crippen molar-refractivity contribution in [3.63, 3.8) is 0 Å². The van der Waals surface area contributed by atoms with Gasteiger partial charge >= 0.3 is 6.09 Å². The lowest BCUT2D eigenvalue weighted by molar-refractivity contribution is 0.0464. The Labute approximate surface area is 143 Å². The van der Waals surface area contributed by atoms with Gasteiger partial charge in [0.2, 0.25) is 0 Å². The summed E-state index contributed by atoms with van der Waals surface area (Å²) >= 11 is 0. The minimum Gasteiger partial charge on any atom is -0.444 e. The van der Waals surface area contributed by atoms with Crippen LogP contribution in [-0.4, -0.2) is 45.2 Å². The molecule has 0 aromatic carbocycles. The molecule has 0 atom stereocenters. The molecular weight excluding hydrogens is 308 g/mol. The standard InChI is InChI=1S/C17H36N2O3Si/c1-16(2,3)22-15(20)19-14-11-13(12-14)18-9-10-21-23(7,8)17(4,5)6/h13-14,18H,9-12H2,1-8H3,(H,19,20). The molecule has 2 N–H and O–H groups in total. The van der Waals surface area contributed by atoms with Crippen LogP contribution < -0.4 is 10.6 Å². The zero-order valence-corrected chi connectivity index (χ0v) is 17.2. The van der Waals surface area contributed by atoms with E-state index in [1.807, 2.05) is 20.8 Å². The highest BCUT2D eigenvalue weighted by atomic mass is 28.4. The number of ether oxygens (including phenoxy) is 1. The number of carbonyl (C=O) groups is 1. The van der Waals surface area contributed by atoms with Crippen LogP contribution in [0.15, 0.2) is 0 Å². The summed E-state index contributed by atoms with van der Waals surface area (Å²) in [5.41, 5.74) is -0.438. The molecule has 1 rings (SSSR count). The number of carbonyl (C=O) groups excluding carboxylic acids is 1. The van der Waals surface area contributed by atoms with Gasteiger partial charge in [-0.2, -0.15) is 0 Å². The summed E-state index contributed by atoms with van der Waals surface area (Å²) in [6.07, 6.45) is 1.60. The summed E-state index contributed by atoms with van der Waals surface area (Å²) in [4.78, 5) is 11.7. The molecule has 6 heteroatoms. The van der Waals surface area contributed by atoms with Gasteiger partial charge in [0.05, 0.1) is 0 Å². The van der Waals surface area contributed by atoms with E-state index in [9.17, 15) is 4.79 Å². The summed E-state index contributed by atoms with van der Waals surface area (Å²) in [7, 11) is -1.64. The van der Waals surface area contributed by atoms with Gasteiger partial charge in [-0.3, -0.25) is 0 Å². The molecule has 23 heavy (non-hydrogen) atoms. The number of alkyl carbamates (subject to hydrolysis) is 1. The fraction of sp³-hybridized carbons (Fsp3) is 0.941. The van der Waals surface area contributed by atoms with Crippen molar-refractivity contribution < 1.29 is 14.0 Å². The Morgan fingerprint density at radius 3 is 2.13 bits per heavy atom. The van der Waals surface area contributed by atoms with Crippen LogP contribution in [0.4, 0.5) is 4.79 Å². The van der Waals surface area contributed by atoms with Gasteiger partial charge in [0.25, 0.3) is 0 Å². The minimum atomic E-state index is -1.64. The molecule has 0 spiro atoms. The highest BCUT2D eigenvalue weighted by molar-refractivity contribution is 6.74. The molecule has 1 aliphatic rings. The van der Waals surface area contributed by atoms with E-state index in [4.69, 9.17) is 9.16 Å². The second-order valence-corrected chi connectivity index (χ2v) is 13.9. The van der Waals surface area contributed by atoms with Crippen LogP contribution in [0.1, 0.15) is 54.4 Å². The van der Waals surface area contributed by atoms with Gasteiger partial charge < -0.3 is 19.8 Å². The zero-order valence-electron chi connectivity index (χ0n) is 16.2. The molecule has 0 unspecified atom stereocenters. The molecule has 1 fully saturated rings. The molecule has 1 aliphatic carbocycles. The largest absolute Gasteiger partial charge is 0.444 e. The van der Waals surface area contributed by atoms with Crippen LogP contribution in [0.5, 0.6) is 0 Å². The normalized spacial score (nSPS) is 22.4. The quantitative estimate of drug-likeness (QED) is 0.570. The van der Waals surface area contributed by atoms with E-state index in [2.05, 4.69) is 44.5 Å². The van der Waals surface area contributed by atoms with Gasteiger partial charge in [-0.15, -0.1) is 0 Å². The highest BCUT2D eigenvalue weighted by Gasteiger charge is 2.37. The number of nitrogens with one attached hydrogen (secondary N) is 2. The number of rotatable bonds is 6. The first-order chi connectivity index (χ1) is 10.3. The van der Waals surface area contributed by atoms with Crippen molar-refractivity contribution >= 4 is 14.4 Å². The molecule has 0 bridgehead atoms. The lowest BCUT2D eigenvalue weighted by Crippen LogP contribution is -2.54. The van der Waals surface area contributed by atoms with Crippen LogP contribution in [-0.2, 0) is 9.16 Å². The van der Waals surface area contributed by atoms with Gasteiger partial charge in [0, 0.05) is 25.2 Å². The van der Waals surface area contributed by atoms with Gasteiger partial charge in [0.15, 0.2) is 8.32 Å². The van der Waals surface area contributed by atoms with E-state index in [-0.39, 0.29) is 17.2 Å². The van der Waals surface area contributed by atoms with E-state index >= 15 is 0 Å². The molecule has 1 amide bonds. The number of hydrogen-bond donors (Lipinski definition) is 2. The maximum Gasteiger partial charge on any atom is 0.407 e. The maximum atomic E-state index is 11.7. The van der Waals surface area contributed by atoms with E-state index in [0.29, 0.717) is 6.04 Å². The van der Waals surface area contributed by atoms with Gasteiger partial charge in [-0.25, -0.2) is 4.79 Å². The van der Waals surface area contributed by atoms with Crippen LogP contribution in [0.2, 0.25) is 18.1 Å². The zero-order chi connectivity index (χ0) is 17.9. The monoisotopic (exact) mass is 344 g/mol. The number of hydrogen-bond acceptors (Lipinski definition) is 4. The average Bonchev–Trinajstić information content (AvgIpc) is 2.26. The second-order valence-electron chi connectivity index (χ2n) is 9.07. The molecule has 0 heterocycles. The van der Waals surface area contributed by atoms with E-state index < -0.39 is 13.9 Å². The Morgan fingerprint density at radius 1 is 1.09 bits per heavy atom. The Hall–Kier alpha value is -0.593. The predicted octanol–water partition coefficient (Wildman–Crippen LogP) is 3.65. The van der Waals surface area contributed by atoms with Crippen molar-refractivity contribution in [3.05, 3.63) is 0 Å². The van der Waals surface area contributed by atoms with Crippen LogP contribution in [0.3, 0.4) is 0 Å². The SMILES string of the molecule is CC(C)(C)OC(=O)NC1CC(NCCO[Si](C)(C)C(C)(C)C)C1. The summed E-state index contributed by atoms with van der Waals surface area (Å²) < 4.78 is 11.4. The molecule has 0 radical (unpaired) electrons. The first-order valence-electron chi connectivity index (χ1n) is 8.67. The molecule has 1 saturated carbocycles. The molecule has 0 aromatic rings. The van der Waals surface area contributed by atoms with Crippen molar-refractivity contribution in [2.45, 2.75) is 90.2 Å². The van der Waals surface area contributed by atoms with Crippen LogP contribution in [0, 0.1) is 0 Å². The smallest absolute Gasteiger partial charge is 0.407 e. The predicted molar refractivity (Wildman–Crippen MR) is 97.3 cm³/mol. The van der Waals surface area contributed by atoms with Crippen LogP contribution >= 0.6 is 0 Å². The summed E-state index contributed by atoms with van der Waals surface area (Å²) in [6.45, 7) is 18.6. The molecule has 0 aliphatic heterocycles. The lowest BCUT2D eigenvalue weighted by Gasteiger charge is -2.38. The van der Waals surface area contributed by atoms with E-state index in [1.165, 1.54) is 0 Å². The van der Waals surface area contributed by atoms with Crippen molar-refractivity contribution in [2.24, 2.45) is 0 Å². The summed E-state index contributed by atoms with van der Waals surface area (Å²) in [5.74, 6) is 0. The third-order valence-electron chi connectivity index (χ3n) is 4.66. The topological polar surface area (TPSA) is 59.6 Å². The first-order valence-corrected chi connectivity index (χ1v) is 11.6. The lowest BCUT2D eigenvalue weighted by atomic mass is 9.87. The van der Waals surface area contributed by atoms with Gasteiger partial charge in [-0.1, -0.05) is 20.8 Å². The third-order valence-corrected chi connectivity index (χ3v) is 9.20. The Morgan fingerprint density at radius 2 is 1.65 bits per heavy atom. The third kappa shape index (κ3) is 7.22.